The molecule has 22 heavy (non-hydrogen) atoms. The minimum Gasteiger partial charge on any atom is -0.325 e. The minimum absolute atomic E-state index is 0.0375. The Morgan fingerprint density at radius 2 is 1.86 bits per heavy atom. The number of rotatable bonds is 3. The number of carbonyl (C=O) groups excluding carboxylic acids is 1. The van der Waals surface area contributed by atoms with E-state index in [4.69, 9.17) is 5.14 Å². The summed E-state index contributed by atoms with van der Waals surface area (Å²) in [6.07, 6.45) is 5.72. The Labute approximate surface area is 130 Å². The molecule has 120 valence electrons. The molecule has 4 N–H and O–H groups in total. The molecular formula is C15H21N3O3S. The monoisotopic (exact) mass is 323 g/mol. The zero-order chi connectivity index (χ0) is 15.7. The predicted molar refractivity (Wildman–Crippen MR) is 83.7 cm³/mol. The van der Waals surface area contributed by atoms with Crippen molar-refractivity contribution < 1.29 is 13.2 Å². The van der Waals surface area contributed by atoms with Gasteiger partial charge >= 0.3 is 0 Å². The van der Waals surface area contributed by atoms with Crippen LogP contribution in [0.5, 0.6) is 0 Å². The molecule has 3 rings (SSSR count). The summed E-state index contributed by atoms with van der Waals surface area (Å²) in [4.78, 5) is 12.4. The lowest BCUT2D eigenvalue weighted by molar-refractivity contribution is -0.117. The van der Waals surface area contributed by atoms with Crippen LogP contribution in [0.15, 0.2) is 29.2 Å². The molecular weight excluding hydrogens is 302 g/mol. The first-order valence-corrected chi connectivity index (χ1v) is 9.18. The Bertz CT molecular complexity index is 643. The number of nitrogens with one attached hydrogen (secondary N) is 2. The summed E-state index contributed by atoms with van der Waals surface area (Å²) in [5.74, 6) is 0.548. The number of hydrogen-bond acceptors (Lipinski definition) is 4. The first-order chi connectivity index (χ1) is 10.4. The average molecular weight is 323 g/mol. The van der Waals surface area contributed by atoms with Crippen molar-refractivity contribution in [1.29, 1.82) is 0 Å². The van der Waals surface area contributed by atoms with Gasteiger partial charge in [0.2, 0.25) is 15.9 Å². The van der Waals surface area contributed by atoms with Crippen LogP contribution in [0.4, 0.5) is 5.69 Å². The van der Waals surface area contributed by atoms with Crippen LogP contribution < -0.4 is 15.8 Å². The van der Waals surface area contributed by atoms with Gasteiger partial charge in [0.25, 0.3) is 0 Å². The van der Waals surface area contributed by atoms with Gasteiger partial charge in [-0.3, -0.25) is 4.79 Å². The van der Waals surface area contributed by atoms with Gasteiger partial charge in [-0.25, -0.2) is 13.6 Å². The van der Waals surface area contributed by atoms with Crippen LogP contribution in [-0.2, 0) is 14.8 Å². The topological polar surface area (TPSA) is 101 Å². The Morgan fingerprint density at radius 3 is 2.50 bits per heavy atom. The molecule has 1 saturated carbocycles. The molecule has 0 radical (unpaired) electrons. The van der Waals surface area contributed by atoms with Crippen LogP contribution in [0.2, 0.25) is 0 Å². The predicted octanol–water partition coefficient (Wildman–Crippen LogP) is 1.19. The highest BCUT2D eigenvalue weighted by molar-refractivity contribution is 7.89. The second-order valence-corrected chi connectivity index (χ2v) is 7.73. The lowest BCUT2D eigenvalue weighted by atomic mass is 9.85. The molecule has 3 atom stereocenters. The van der Waals surface area contributed by atoms with Crippen molar-refractivity contribution in [3.63, 3.8) is 0 Å². The van der Waals surface area contributed by atoms with Gasteiger partial charge < -0.3 is 10.6 Å². The third kappa shape index (κ3) is 3.31. The summed E-state index contributed by atoms with van der Waals surface area (Å²) in [6, 6.07) is 6.21. The van der Waals surface area contributed by atoms with E-state index in [-0.39, 0.29) is 16.8 Å². The molecule has 6 nitrogen and oxygen atoms in total. The SMILES string of the molecule is NS(=O)(=O)c1ccc(NC(=O)C2CC3CCCCC3N2)cc1. The van der Waals surface area contributed by atoms with E-state index in [1.54, 1.807) is 12.1 Å². The second kappa shape index (κ2) is 5.98. The minimum atomic E-state index is -3.70. The molecule has 1 aliphatic carbocycles. The van der Waals surface area contributed by atoms with Crippen molar-refractivity contribution in [2.75, 3.05) is 5.32 Å². The lowest BCUT2D eigenvalue weighted by Crippen LogP contribution is -2.39. The van der Waals surface area contributed by atoms with E-state index in [1.807, 2.05) is 0 Å². The number of amides is 1. The number of hydrogen-bond donors (Lipinski definition) is 3. The molecule has 2 fully saturated rings. The van der Waals surface area contributed by atoms with Crippen LogP contribution in [-0.4, -0.2) is 26.4 Å². The molecule has 3 unspecified atom stereocenters. The number of sulfonamides is 1. The quantitative estimate of drug-likeness (QED) is 0.777. The highest BCUT2D eigenvalue weighted by Crippen LogP contribution is 2.33. The molecule has 2 aliphatic rings. The molecule has 7 heteroatoms. The van der Waals surface area contributed by atoms with Gasteiger partial charge in [-0.05, 0) is 49.4 Å². The average Bonchev–Trinajstić information content (AvgIpc) is 2.91. The van der Waals surface area contributed by atoms with Crippen LogP contribution in [0, 0.1) is 5.92 Å². The van der Waals surface area contributed by atoms with Gasteiger partial charge in [-0.15, -0.1) is 0 Å². The summed E-state index contributed by atoms with van der Waals surface area (Å²) >= 11 is 0. The van der Waals surface area contributed by atoms with E-state index >= 15 is 0 Å². The molecule has 1 aromatic rings. The lowest BCUT2D eigenvalue weighted by Gasteiger charge is -2.24. The van der Waals surface area contributed by atoms with Crippen molar-refractivity contribution in [2.24, 2.45) is 11.1 Å². The van der Waals surface area contributed by atoms with E-state index in [0.29, 0.717) is 17.6 Å². The zero-order valence-corrected chi connectivity index (χ0v) is 13.1. The summed E-state index contributed by atoms with van der Waals surface area (Å²) in [6.45, 7) is 0. The van der Waals surface area contributed by atoms with Crippen molar-refractivity contribution in [3.05, 3.63) is 24.3 Å². The Morgan fingerprint density at radius 1 is 1.18 bits per heavy atom. The van der Waals surface area contributed by atoms with Crippen molar-refractivity contribution in [1.82, 2.24) is 5.32 Å². The van der Waals surface area contributed by atoms with Gasteiger partial charge in [0.15, 0.2) is 0 Å². The van der Waals surface area contributed by atoms with Crippen LogP contribution in [0.3, 0.4) is 0 Å². The maximum atomic E-state index is 12.3. The van der Waals surface area contributed by atoms with Crippen molar-refractivity contribution in [3.8, 4) is 0 Å². The van der Waals surface area contributed by atoms with Crippen molar-refractivity contribution >= 4 is 21.6 Å². The third-order valence-corrected chi connectivity index (χ3v) is 5.56. The fourth-order valence-electron chi connectivity index (χ4n) is 3.48. The van der Waals surface area contributed by atoms with E-state index < -0.39 is 10.0 Å². The van der Waals surface area contributed by atoms with E-state index in [0.717, 1.165) is 12.8 Å². The first kappa shape index (κ1) is 15.5. The summed E-state index contributed by atoms with van der Waals surface area (Å²) in [7, 11) is -3.70. The number of anilines is 1. The number of nitrogens with two attached hydrogens (primary N) is 1. The van der Waals surface area contributed by atoms with Crippen molar-refractivity contribution in [2.45, 2.75) is 49.1 Å². The molecule has 1 aliphatic heterocycles. The Kier molecular flexibility index (Phi) is 4.20. The maximum absolute atomic E-state index is 12.3. The van der Waals surface area contributed by atoms with Gasteiger partial charge in [-0.1, -0.05) is 12.8 Å². The highest BCUT2D eigenvalue weighted by atomic mass is 32.2. The normalized spacial score (nSPS) is 28.1. The molecule has 0 bridgehead atoms. The summed E-state index contributed by atoms with van der Waals surface area (Å²) in [5, 5.41) is 11.3. The largest absolute Gasteiger partial charge is 0.325 e. The zero-order valence-electron chi connectivity index (χ0n) is 12.3. The molecule has 1 amide bonds. The van der Waals surface area contributed by atoms with Crippen LogP contribution >= 0.6 is 0 Å². The fraction of sp³-hybridized carbons (Fsp3) is 0.533. The standard InChI is InChI=1S/C15H21N3O3S/c16-22(20,21)12-7-5-11(6-8-12)17-15(19)14-9-10-3-1-2-4-13(10)18-14/h5-8,10,13-14,18H,1-4,9H2,(H,17,19)(H2,16,20,21). The van der Waals surface area contributed by atoms with Gasteiger partial charge in [0.05, 0.1) is 10.9 Å². The number of primary sulfonamides is 1. The number of benzene rings is 1. The summed E-state index contributed by atoms with van der Waals surface area (Å²) in [5.41, 5.74) is 0.578. The highest BCUT2D eigenvalue weighted by Gasteiger charge is 2.38. The van der Waals surface area contributed by atoms with E-state index in [9.17, 15) is 13.2 Å². The second-order valence-electron chi connectivity index (χ2n) is 6.16. The van der Waals surface area contributed by atoms with Gasteiger partial charge in [-0.2, -0.15) is 0 Å². The molecule has 1 heterocycles. The third-order valence-electron chi connectivity index (χ3n) is 4.63. The molecule has 1 aromatic carbocycles. The van der Waals surface area contributed by atoms with E-state index in [2.05, 4.69) is 10.6 Å². The molecule has 0 aromatic heterocycles. The van der Waals surface area contributed by atoms with Crippen LogP contribution in [0.25, 0.3) is 0 Å². The molecule has 0 spiro atoms. The Balaban J connectivity index is 1.62. The van der Waals surface area contributed by atoms with Crippen LogP contribution in [0.1, 0.15) is 32.1 Å². The van der Waals surface area contributed by atoms with Gasteiger partial charge in [0.1, 0.15) is 0 Å². The first-order valence-electron chi connectivity index (χ1n) is 7.63. The number of carbonyl (C=O) groups is 1. The molecule has 1 saturated heterocycles. The number of fused-ring (bicyclic) bond motifs is 1. The van der Waals surface area contributed by atoms with Gasteiger partial charge in [0, 0.05) is 11.7 Å². The smallest absolute Gasteiger partial charge is 0.241 e. The Hall–Kier alpha value is -1.44. The maximum Gasteiger partial charge on any atom is 0.241 e. The summed E-state index contributed by atoms with van der Waals surface area (Å²) < 4.78 is 22.4. The fourth-order valence-corrected chi connectivity index (χ4v) is 3.99. The van der Waals surface area contributed by atoms with E-state index in [1.165, 1.54) is 31.4 Å².